The number of esters is 1. The standard InChI is InChI=1S/C57H61F2N11O16/c1-3-57(83)34-20-40-51-32(26-70(40)55(81)33(34)27-85-56(57)82)50-37(10-9-31-29(2)36(59)21-38(66-51)49(31)50)64-45(75)28-86-67-54(80)52-35(58)13-15-69(52)48(78)25-62-43(73)23-63-53(79)39(19-30-7-5-4-6-8-30)65-44(74)24-61-42(72)22-60-41(71)14-17-84-18-16-68-46(76)11-12-47(68)77/h4-8,11-12,20-21,35,37,39,52,83H,3,9-10,13-19,22-28H2,1-2H3,(H,60,71)(H,61,72)(H,62,73)(H,63,79)(H,64,75)(H,65,74)(H,67,80)/t35-,37-,39-,52+,57-/m0/s1. The van der Waals surface area contributed by atoms with Crippen molar-refractivity contribution in [3.05, 3.63) is 110 Å². The predicted molar refractivity (Wildman–Crippen MR) is 293 cm³/mol. The summed E-state index contributed by atoms with van der Waals surface area (Å²) in [5, 5.41) is 26.7. The maximum atomic E-state index is 15.4. The van der Waals surface area contributed by atoms with Gasteiger partial charge in [0, 0.05) is 54.1 Å². The number of nitrogens with zero attached hydrogens (tertiary/aromatic N) is 4. The first-order valence-corrected chi connectivity index (χ1v) is 27.7. The van der Waals surface area contributed by atoms with E-state index in [9.17, 15) is 62.6 Å². The Kier molecular flexibility index (Phi) is 18.7. The first kappa shape index (κ1) is 61.2. The number of carbonyl (C=O) groups excluding carboxylic acids is 11. The van der Waals surface area contributed by atoms with E-state index in [0.717, 1.165) is 22.0 Å². The fourth-order valence-corrected chi connectivity index (χ4v) is 11.0. The minimum atomic E-state index is -2.10. The van der Waals surface area contributed by atoms with Gasteiger partial charge in [-0.2, -0.15) is 0 Å². The molecule has 0 radical (unpaired) electrons. The van der Waals surface area contributed by atoms with Gasteiger partial charge in [-0.05, 0) is 60.9 Å². The van der Waals surface area contributed by atoms with Gasteiger partial charge in [0.15, 0.2) is 12.2 Å². The topological polar surface area (TPSA) is 361 Å². The SMILES string of the molecule is CC[C@@]1(O)C(=O)OCc2c1cc1n(c2=O)Cc2c-1nc1cc(F)c(C)c3c1c2[C@@H](NC(=O)CONC(=O)[C@H]1[C@@H](F)CCN1C(=O)CNC(=O)CNC(=O)[C@H](Cc1ccccc1)NC(=O)CNC(=O)CNC(=O)CCOCCN1C(=O)C=CC1=O)CC3. The van der Waals surface area contributed by atoms with Crippen molar-refractivity contribution in [2.24, 2.45) is 0 Å². The second kappa shape index (κ2) is 26.3. The molecular formula is C57H61F2N11O16. The Morgan fingerprint density at radius 1 is 0.849 bits per heavy atom. The number of rotatable bonds is 24. The van der Waals surface area contributed by atoms with E-state index >= 15 is 8.78 Å². The number of cyclic esters (lactones) is 1. The van der Waals surface area contributed by atoms with Crippen LogP contribution < -0.4 is 42.9 Å². The number of benzene rings is 2. The van der Waals surface area contributed by atoms with E-state index in [2.05, 4.69) is 31.9 Å². The van der Waals surface area contributed by atoms with Crippen LogP contribution in [0.5, 0.6) is 0 Å². The number of fused-ring (bicyclic) bond motifs is 5. The summed E-state index contributed by atoms with van der Waals surface area (Å²) in [7, 11) is 0. The summed E-state index contributed by atoms with van der Waals surface area (Å²) in [6.45, 7) is -0.761. The fourth-order valence-electron chi connectivity index (χ4n) is 11.0. The average Bonchev–Trinajstić information content (AvgIpc) is 1.48. The molecule has 2 aromatic carbocycles. The van der Waals surface area contributed by atoms with Crippen LogP contribution in [-0.4, -0.2) is 167 Å². The molecule has 29 heteroatoms. The largest absolute Gasteiger partial charge is 0.458 e. The smallest absolute Gasteiger partial charge is 0.343 e. The molecule has 1 fully saturated rings. The number of imide groups is 1. The number of alkyl halides is 1. The maximum absolute atomic E-state index is 15.4. The van der Waals surface area contributed by atoms with Crippen molar-refractivity contribution in [3.8, 4) is 11.4 Å². The van der Waals surface area contributed by atoms with Crippen LogP contribution in [0.1, 0.15) is 77.6 Å². The molecule has 0 spiro atoms. The minimum Gasteiger partial charge on any atom is -0.458 e. The average molecular weight is 1190 g/mol. The molecule has 0 saturated carbocycles. The van der Waals surface area contributed by atoms with E-state index in [1.165, 1.54) is 16.7 Å². The number of pyridine rings is 2. The van der Waals surface area contributed by atoms with Gasteiger partial charge in [-0.25, -0.2) is 24.0 Å². The Bertz CT molecular complexity index is 3540. The third kappa shape index (κ3) is 13.1. The van der Waals surface area contributed by atoms with Crippen LogP contribution in [0, 0.1) is 12.7 Å². The van der Waals surface area contributed by atoms with Gasteiger partial charge in [-0.15, -0.1) is 0 Å². The zero-order valence-electron chi connectivity index (χ0n) is 46.6. The van der Waals surface area contributed by atoms with E-state index < -0.39 is 139 Å². The number of hydroxylamine groups is 1. The monoisotopic (exact) mass is 1190 g/mol. The van der Waals surface area contributed by atoms with Gasteiger partial charge in [-0.3, -0.25) is 62.5 Å². The molecule has 454 valence electrons. The summed E-state index contributed by atoms with van der Waals surface area (Å²) >= 11 is 0. The minimum absolute atomic E-state index is 0.00303. The highest BCUT2D eigenvalue weighted by Crippen LogP contribution is 2.46. The van der Waals surface area contributed by atoms with Crippen LogP contribution >= 0.6 is 0 Å². The van der Waals surface area contributed by atoms with Crippen LogP contribution in [-0.2, 0) is 98.6 Å². The normalized spacial score (nSPS) is 19.2. The molecule has 27 nitrogen and oxygen atoms in total. The highest BCUT2D eigenvalue weighted by atomic mass is 19.1. The third-order valence-corrected chi connectivity index (χ3v) is 15.5. The molecule has 6 heterocycles. The zero-order valence-corrected chi connectivity index (χ0v) is 46.6. The van der Waals surface area contributed by atoms with Crippen molar-refractivity contribution in [1.82, 2.24) is 56.7 Å². The molecule has 1 saturated heterocycles. The Morgan fingerprint density at radius 3 is 2.28 bits per heavy atom. The molecule has 0 bridgehead atoms. The van der Waals surface area contributed by atoms with Crippen molar-refractivity contribution in [2.45, 2.75) is 95.4 Å². The molecular weight excluding hydrogens is 1130 g/mol. The molecule has 1 aliphatic carbocycles. The Hall–Kier alpha value is -9.35. The molecule has 5 aliphatic rings. The van der Waals surface area contributed by atoms with Crippen LogP contribution in [0.3, 0.4) is 0 Å². The Labute approximate surface area is 487 Å². The van der Waals surface area contributed by atoms with Crippen LogP contribution in [0.2, 0.25) is 0 Å². The van der Waals surface area contributed by atoms with Gasteiger partial charge in [-0.1, -0.05) is 37.3 Å². The van der Waals surface area contributed by atoms with E-state index in [1.54, 1.807) is 44.2 Å². The molecule has 10 amide bonds. The maximum Gasteiger partial charge on any atom is 0.343 e. The second-order valence-electron chi connectivity index (χ2n) is 20.9. The molecule has 8 N–H and O–H groups in total. The summed E-state index contributed by atoms with van der Waals surface area (Å²) in [4.78, 5) is 166. The number of aromatic nitrogens is 2. The van der Waals surface area contributed by atoms with E-state index in [0.29, 0.717) is 39.6 Å². The summed E-state index contributed by atoms with van der Waals surface area (Å²) < 4.78 is 42.7. The molecule has 4 aromatic rings. The molecule has 5 atom stereocenters. The van der Waals surface area contributed by atoms with Gasteiger partial charge in [0.1, 0.15) is 30.7 Å². The number of hydrogen-bond acceptors (Lipinski definition) is 17. The second-order valence-corrected chi connectivity index (χ2v) is 20.9. The number of amides is 10. The molecule has 4 aliphatic heterocycles. The number of carbonyl (C=O) groups is 11. The summed E-state index contributed by atoms with van der Waals surface area (Å²) in [6.07, 6.45) is 0.463. The molecule has 9 rings (SSSR count). The number of hydrogen-bond donors (Lipinski definition) is 8. The van der Waals surface area contributed by atoms with Crippen molar-refractivity contribution >= 4 is 75.9 Å². The summed E-state index contributed by atoms with van der Waals surface area (Å²) in [6, 6.07) is 7.54. The summed E-state index contributed by atoms with van der Waals surface area (Å²) in [5.74, 6) is -8.85. The van der Waals surface area contributed by atoms with Crippen LogP contribution in [0.15, 0.2) is 59.4 Å². The van der Waals surface area contributed by atoms with E-state index in [1.807, 2.05) is 5.48 Å². The van der Waals surface area contributed by atoms with E-state index in [4.69, 9.17) is 19.3 Å². The van der Waals surface area contributed by atoms with Gasteiger partial charge in [0.25, 0.3) is 23.3 Å². The fraction of sp³-hybridized carbons (Fsp3) is 0.421. The number of nitrogens with one attached hydrogen (secondary N) is 7. The first-order chi connectivity index (χ1) is 41.2. The third-order valence-electron chi connectivity index (χ3n) is 15.5. The zero-order chi connectivity index (χ0) is 61.6. The molecule has 2 aromatic heterocycles. The van der Waals surface area contributed by atoms with Gasteiger partial charge in [0.2, 0.25) is 41.4 Å². The van der Waals surface area contributed by atoms with Gasteiger partial charge >= 0.3 is 5.97 Å². The highest BCUT2D eigenvalue weighted by Gasteiger charge is 2.47. The lowest BCUT2D eigenvalue weighted by Gasteiger charge is -2.31. The molecule has 0 unspecified atom stereocenters. The summed E-state index contributed by atoms with van der Waals surface area (Å²) in [5.41, 5.74) is 3.17. The lowest BCUT2D eigenvalue weighted by atomic mass is 9.81. The lowest BCUT2D eigenvalue weighted by Crippen LogP contribution is -2.53. The number of likely N-dealkylation sites (tertiary alicyclic amines) is 1. The Balaban J connectivity index is 0.734. The van der Waals surface area contributed by atoms with Crippen LogP contribution in [0.4, 0.5) is 8.78 Å². The van der Waals surface area contributed by atoms with Gasteiger partial charge < -0.3 is 55.9 Å². The number of aryl methyl sites for hydroxylation is 1. The van der Waals surface area contributed by atoms with Crippen molar-refractivity contribution in [2.75, 3.05) is 59.1 Å². The number of halogens is 2. The van der Waals surface area contributed by atoms with Crippen molar-refractivity contribution < 1.29 is 80.9 Å². The number of ether oxygens (including phenoxy) is 2. The predicted octanol–water partition coefficient (Wildman–Crippen LogP) is -1.86. The van der Waals surface area contributed by atoms with Crippen LogP contribution in [0.25, 0.3) is 22.3 Å². The first-order valence-electron chi connectivity index (χ1n) is 27.7. The quantitative estimate of drug-likeness (QED) is 0.0145. The molecule has 86 heavy (non-hydrogen) atoms. The van der Waals surface area contributed by atoms with Gasteiger partial charge in [0.05, 0.1) is 81.0 Å². The highest BCUT2D eigenvalue weighted by molar-refractivity contribution is 6.13. The number of aliphatic hydroxyl groups is 1. The van der Waals surface area contributed by atoms with Crippen molar-refractivity contribution in [1.29, 1.82) is 0 Å². The Morgan fingerprint density at radius 2 is 1.55 bits per heavy atom. The lowest BCUT2D eigenvalue weighted by molar-refractivity contribution is -0.172. The van der Waals surface area contributed by atoms with Crippen molar-refractivity contribution in [3.63, 3.8) is 0 Å². The van der Waals surface area contributed by atoms with E-state index in [-0.39, 0.29) is 99.6 Å².